The van der Waals surface area contributed by atoms with Crippen molar-refractivity contribution < 1.29 is 9.59 Å². The van der Waals surface area contributed by atoms with Crippen molar-refractivity contribution in [3.63, 3.8) is 0 Å². The molecule has 0 aliphatic rings. The summed E-state index contributed by atoms with van der Waals surface area (Å²) >= 11 is 0. The molecule has 0 spiro atoms. The molecule has 0 saturated heterocycles. The average Bonchev–Trinajstić information content (AvgIpc) is 2.35. The van der Waals surface area contributed by atoms with Gasteiger partial charge in [-0.15, -0.1) is 0 Å². The van der Waals surface area contributed by atoms with Crippen LogP contribution in [0.1, 0.15) is 13.3 Å². The first-order valence-electron chi connectivity index (χ1n) is 5.91. The molecule has 0 aromatic carbocycles. The fraction of sp³-hybridized carbons (Fsp3) is 0.455. The van der Waals surface area contributed by atoms with E-state index in [2.05, 4.69) is 15.3 Å². The fourth-order valence-electron chi connectivity index (χ4n) is 1.44. The van der Waals surface area contributed by atoms with Gasteiger partial charge in [0.15, 0.2) is 0 Å². The lowest BCUT2D eigenvalue weighted by molar-refractivity contribution is -0.117. The van der Waals surface area contributed by atoms with Gasteiger partial charge in [-0.05, 0) is 12.5 Å². The Kier molecular flexibility index (Phi) is 5.52. The molecule has 8 nitrogen and oxygen atoms in total. The van der Waals surface area contributed by atoms with Gasteiger partial charge in [0.2, 0.25) is 17.8 Å². The number of nitrogens with one attached hydrogen (secondary N) is 1. The molecule has 1 aromatic heterocycles. The van der Waals surface area contributed by atoms with Crippen LogP contribution in [0.25, 0.3) is 0 Å². The van der Waals surface area contributed by atoms with Gasteiger partial charge in [-0.1, -0.05) is 6.92 Å². The summed E-state index contributed by atoms with van der Waals surface area (Å²) in [5.41, 5.74) is 10.3. The summed E-state index contributed by atoms with van der Waals surface area (Å²) in [4.78, 5) is 31.6. The molecule has 0 saturated carbocycles. The molecule has 2 amide bonds. The van der Waals surface area contributed by atoms with Gasteiger partial charge in [0.25, 0.3) is 0 Å². The van der Waals surface area contributed by atoms with Crippen molar-refractivity contribution in [2.75, 3.05) is 29.9 Å². The quantitative estimate of drug-likeness (QED) is 0.558. The normalized spacial score (nSPS) is 9.95. The summed E-state index contributed by atoms with van der Waals surface area (Å²) in [6.07, 6.45) is 2.47. The highest BCUT2D eigenvalue weighted by molar-refractivity contribution is 5.84. The van der Waals surface area contributed by atoms with Crippen molar-refractivity contribution in [2.45, 2.75) is 13.3 Å². The third-order valence-corrected chi connectivity index (χ3v) is 2.19. The number of carbonyl (C=O) groups excluding carboxylic acids is 2. The van der Waals surface area contributed by atoms with Gasteiger partial charge in [0.05, 0.1) is 13.1 Å². The summed E-state index contributed by atoms with van der Waals surface area (Å²) in [6.45, 7) is 2.48. The van der Waals surface area contributed by atoms with E-state index in [-0.39, 0.29) is 13.1 Å². The van der Waals surface area contributed by atoms with E-state index in [1.165, 1.54) is 11.1 Å². The van der Waals surface area contributed by atoms with E-state index in [0.717, 1.165) is 13.0 Å². The zero-order valence-corrected chi connectivity index (χ0v) is 10.8. The van der Waals surface area contributed by atoms with Gasteiger partial charge in [0, 0.05) is 12.7 Å². The average molecular weight is 266 g/mol. The van der Waals surface area contributed by atoms with Crippen molar-refractivity contribution in [3.8, 4) is 0 Å². The number of anilines is 2. The molecule has 0 atom stereocenters. The van der Waals surface area contributed by atoms with Crippen LogP contribution >= 0.6 is 0 Å². The lowest BCUT2D eigenvalue weighted by Gasteiger charge is -2.20. The molecule has 0 aliphatic heterocycles. The Balaban J connectivity index is 2.87. The third kappa shape index (κ3) is 5.19. The molecule has 104 valence electrons. The van der Waals surface area contributed by atoms with Crippen LogP contribution in [0.3, 0.4) is 0 Å². The van der Waals surface area contributed by atoms with E-state index in [0.29, 0.717) is 11.8 Å². The van der Waals surface area contributed by atoms with Crippen LogP contribution in [-0.2, 0) is 9.59 Å². The topological polar surface area (TPSA) is 127 Å². The second-order valence-electron chi connectivity index (χ2n) is 3.95. The maximum atomic E-state index is 11.0. The molecule has 0 radical (unpaired) electrons. The van der Waals surface area contributed by atoms with Gasteiger partial charge in [-0.2, -0.15) is 4.98 Å². The monoisotopic (exact) mass is 266 g/mol. The van der Waals surface area contributed by atoms with Gasteiger partial charge in [-0.3, -0.25) is 9.59 Å². The Morgan fingerprint density at radius 1 is 1.32 bits per heavy atom. The van der Waals surface area contributed by atoms with Crippen LogP contribution in [0.4, 0.5) is 11.8 Å². The van der Waals surface area contributed by atoms with E-state index in [1.807, 2.05) is 6.92 Å². The Morgan fingerprint density at radius 3 is 2.47 bits per heavy atom. The standard InChI is InChI=1S/C11H18N6O2/c1-2-4-14-11-15-5-3-10(16-11)17(6-8(12)18)7-9(13)19/h3,5H,2,4,6-7H2,1H3,(H2,12,18)(H2,13,19)(H,14,15,16). The molecular weight excluding hydrogens is 248 g/mol. The van der Waals surface area contributed by atoms with E-state index in [1.54, 1.807) is 6.07 Å². The molecule has 5 N–H and O–H groups in total. The van der Waals surface area contributed by atoms with Crippen molar-refractivity contribution in [1.29, 1.82) is 0 Å². The Morgan fingerprint density at radius 2 is 1.95 bits per heavy atom. The van der Waals surface area contributed by atoms with Crippen LogP contribution in [0, 0.1) is 0 Å². The van der Waals surface area contributed by atoms with Gasteiger partial charge < -0.3 is 21.7 Å². The van der Waals surface area contributed by atoms with Crippen LogP contribution in [0.2, 0.25) is 0 Å². The zero-order chi connectivity index (χ0) is 14.3. The van der Waals surface area contributed by atoms with Crippen LogP contribution < -0.4 is 21.7 Å². The highest BCUT2D eigenvalue weighted by Crippen LogP contribution is 2.11. The highest BCUT2D eigenvalue weighted by Gasteiger charge is 2.14. The van der Waals surface area contributed by atoms with Gasteiger partial charge in [0.1, 0.15) is 5.82 Å². The smallest absolute Gasteiger partial charge is 0.237 e. The minimum atomic E-state index is -0.567. The molecular formula is C11H18N6O2. The zero-order valence-electron chi connectivity index (χ0n) is 10.8. The number of nitrogens with zero attached hydrogens (tertiary/aromatic N) is 3. The molecule has 19 heavy (non-hydrogen) atoms. The largest absolute Gasteiger partial charge is 0.368 e. The Bertz CT molecular complexity index is 435. The number of carbonyl (C=O) groups is 2. The Hall–Kier alpha value is -2.38. The molecule has 1 aromatic rings. The van der Waals surface area contributed by atoms with Crippen LogP contribution in [0.15, 0.2) is 12.3 Å². The van der Waals surface area contributed by atoms with Crippen molar-refractivity contribution in [2.24, 2.45) is 11.5 Å². The summed E-state index contributed by atoms with van der Waals surface area (Å²) in [5, 5.41) is 3.01. The number of primary amides is 2. The number of hydrogen-bond donors (Lipinski definition) is 3. The molecule has 1 rings (SSSR count). The Labute approximate surface area is 111 Å². The lowest BCUT2D eigenvalue weighted by atomic mass is 10.4. The van der Waals surface area contributed by atoms with Crippen molar-refractivity contribution in [3.05, 3.63) is 12.3 Å². The fourth-order valence-corrected chi connectivity index (χ4v) is 1.44. The lowest BCUT2D eigenvalue weighted by Crippen LogP contribution is -2.40. The number of hydrogen-bond acceptors (Lipinski definition) is 6. The predicted molar refractivity (Wildman–Crippen MR) is 71.4 cm³/mol. The third-order valence-electron chi connectivity index (χ3n) is 2.19. The molecule has 1 heterocycles. The number of nitrogens with two attached hydrogens (primary N) is 2. The van der Waals surface area contributed by atoms with E-state index < -0.39 is 11.8 Å². The van der Waals surface area contributed by atoms with E-state index in [4.69, 9.17) is 11.5 Å². The molecule has 0 bridgehead atoms. The minimum absolute atomic E-state index is 0.132. The SMILES string of the molecule is CCCNc1nccc(N(CC(N)=O)CC(N)=O)n1. The molecule has 0 fully saturated rings. The van der Waals surface area contributed by atoms with E-state index >= 15 is 0 Å². The second-order valence-corrected chi connectivity index (χ2v) is 3.95. The molecule has 0 aliphatic carbocycles. The number of aromatic nitrogens is 2. The summed E-state index contributed by atoms with van der Waals surface area (Å²) in [5.74, 6) is -0.282. The predicted octanol–water partition coefficient (Wildman–Crippen LogP) is -0.924. The first-order chi connectivity index (χ1) is 9.02. The van der Waals surface area contributed by atoms with Crippen LogP contribution in [-0.4, -0.2) is 41.4 Å². The minimum Gasteiger partial charge on any atom is -0.368 e. The van der Waals surface area contributed by atoms with Crippen molar-refractivity contribution in [1.82, 2.24) is 9.97 Å². The van der Waals surface area contributed by atoms with Crippen LogP contribution in [0.5, 0.6) is 0 Å². The summed E-state index contributed by atoms with van der Waals surface area (Å²) in [6, 6.07) is 1.59. The number of rotatable bonds is 8. The summed E-state index contributed by atoms with van der Waals surface area (Å²) in [7, 11) is 0. The maximum Gasteiger partial charge on any atom is 0.237 e. The van der Waals surface area contributed by atoms with Crippen molar-refractivity contribution >= 4 is 23.6 Å². The molecule has 0 unspecified atom stereocenters. The second kappa shape index (κ2) is 7.14. The number of amides is 2. The maximum absolute atomic E-state index is 11.0. The van der Waals surface area contributed by atoms with E-state index in [9.17, 15) is 9.59 Å². The highest BCUT2D eigenvalue weighted by atomic mass is 16.2. The molecule has 8 heteroatoms. The summed E-state index contributed by atoms with van der Waals surface area (Å²) < 4.78 is 0. The van der Waals surface area contributed by atoms with Gasteiger partial charge in [-0.25, -0.2) is 4.98 Å². The first-order valence-corrected chi connectivity index (χ1v) is 5.91. The first kappa shape index (κ1) is 14.7. The van der Waals surface area contributed by atoms with Gasteiger partial charge >= 0.3 is 0 Å².